The van der Waals surface area contributed by atoms with Crippen molar-refractivity contribution in [2.75, 3.05) is 13.6 Å². The van der Waals surface area contributed by atoms with Crippen LogP contribution in [-0.4, -0.2) is 46.9 Å². The van der Waals surface area contributed by atoms with Crippen molar-refractivity contribution >= 4 is 35.0 Å². The highest BCUT2D eigenvalue weighted by Crippen LogP contribution is 2.43. The zero-order valence-electron chi connectivity index (χ0n) is 15.1. The Kier molecular flexibility index (Phi) is 4.64. The van der Waals surface area contributed by atoms with Gasteiger partial charge in [0.15, 0.2) is 0 Å². The van der Waals surface area contributed by atoms with Gasteiger partial charge in [0.1, 0.15) is 11.3 Å². The van der Waals surface area contributed by atoms with Crippen molar-refractivity contribution in [2.24, 2.45) is 11.0 Å². The molecule has 8 heteroatoms. The van der Waals surface area contributed by atoms with Crippen LogP contribution in [0.25, 0.3) is 5.57 Å². The molecule has 1 aromatic carbocycles. The van der Waals surface area contributed by atoms with Crippen LogP contribution in [0.1, 0.15) is 33.8 Å². The number of aromatic hydroxyl groups is 1. The van der Waals surface area contributed by atoms with Gasteiger partial charge in [0, 0.05) is 37.8 Å². The van der Waals surface area contributed by atoms with Crippen LogP contribution in [0.4, 0.5) is 0 Å². The quantitative estimate of drug-likeness (QED) is 0.736. The first-order valence-electron chi connectivity index (χ1n) is 8.82. The Balaban J connectivity index is 1.85. The van der Waals surface area contributed by atoms with Crippen LogP contribution in [0.15, 0.2) is 45.8 Å². The Hall–Kier alpha value is -3.13. The number of benzene rings is 1. The molecule has 0 radical (unpaired) electrons. The zero-order chi connectivity index (χ0) is 19.8. The number of nitrogens with zero attached hydrogens (tertiary/aromatic N) is 2. The molecule has 7 nitrogen and oxygen atoms in total. The van der Waals surface area contributed by atoms with Gasteiger partial charge in [-0.15, -0.1) is 0 Å². The molecule has 0 fully saturated rings. The number of thiophene rings is 1. The van der Waals surface area contributed by atoms with Crippen LogP contribution < -0.4 is 5.32 Å². The fourth-order valence-electron chi connectivity index (χ4n) is 3.78. The average Bonchev–Trinajstić information content (AvgIpc) is 3.32. The summed E-state index contributed by atoms with van der Waals surface area (Å²) in [5, 5.41) is 32.5. The molecule has 3 heterocycles. The molecule has 1 amide bonds. The van der Waals surface area contributed by atoms with E-state index >= 15 is 0 Å². The topological polar surface area (TPSA) is 102 Å². The summed E-state index contributed by atoms with van der Waals surface area (Å²) in [4.78, 5) is 23.7. The zero-order valence-corrected chi connectivity index (χ0v) is 15.9. The highest BCUT2D eigenvalue weighted by molar-refractivity contribution is 7.08. The molecule has 0 aliphatic carbocycles. The second-order valence-corrected chi connectivity index (χ2v) is 7.72. The molecule has 2 atom stereocenters. The lowest BCUT2D eigenvalue weighted by Gasteiger charge is -2.31. The van der Waals surface area contributed by atoms with Crippen LogP contribution >= 0.6 is 11.3 Å². The van der Waals surface area contributed by atoms with E-state index in [1.54, 1.807) is 17.4 Å². The minimum atomic E-state index is -1.19. The van der Waals surface area contributed by atoms with Crippen molar-refractivity contribution in [3.8, 4) is 5.75 Å². The Labute approximate surface area is 165 Å². The molecule has 4 rings (SSSR count). The molecule has 0 saturated carbocycles. The van der Waals surface area contributed by atoms with E-state index in [9.17, 15) is 19.8 Å². The van der Waals surface area contributed by atoms with Crippen molar-refractivity contribution < 1.29 is 19.8 Å². The van der Waals surface area contributed by atoms with Gasteiger partial charge in [-0.25, -0.2) is 4.79 Å². The number of phenols is 1. The highest BCUT2D eigenvalue weighted by Gasteiger charge is 2.35. The summed E-state index contributed by atoms with van der Waals surface area (Å²) in [5.41, 5.74) is 3.36. The summed E-state index contributed by atoms with van der Waals surface area (Å²) < 4.78 is 0. The third kappa shape index (κ3) is 3.27. The molecule has 0 spiro atoms. The van der Waals surface area contributed by atoms with Crippen LogP contribution in [0.2, 0.25) is 0 Å². The number of carboxylic acid groups (broad SMARTS) is 1. The van der Waals surface area contributed by atoms with E-state index < -0.39 is 5.97 Å². The van der Waals surface area contributed by atoms with Crippen molar-refractivity contribution in [3.05, 3.63) is 57.4 Å². The summed E-state index contributed by atoms with van der Waals surface area (Å²) in [6.07, 6.45) is 2.05. The molecule has 144 valence electrons. The van der Waals surface area contributed by atoms with E-state index in [0.717, 1.165) is 16.8 Å². The molecule has 3 N–H and O–H groups in total. The Bertz CT molecular complexity index is 997. The van der Waals surface area contributed by atoms with Crippen LogP contribution in [0, 0.1) is 5.92 Å². The number of hydrazone groups is 1. The number of rotatable bonds is 4. The Morgan fingerprint density at radius 2 is 2.18 bits per heavy atom. The first kappa shape index (κ1) is 18.2. The van der Waals surface area contributed by atoms with Crippen LogP contribution in [0.5, 0.6) is 5.75 Å². The minimum absolute atomic E-state index is 0.0430. The van der Waals surface area contributed by atoms with Gasteiger partial charge in [-0.1, -0.05) is 6.07 Å². The van der Waals surface area contributed by atoms with Gasteiger partial charge in [-0.05, 0) is 45.7 Å². The summed E-state index contributed by atoms with van der Waals surface area (Å²) >= 11 is 1.57. The Morgan fingerprint density at radius 1 is 1.36 bits per heavy atom. The molecular formula is C20H19N3O4S. The number of carboxylic acids is 1. The molecule has 2 aliphatic heterocycles. The largest absolute Gasteiger partial charge is 0.507 e. The third-order valence-corrected chi connectivity index (χ3v) is 5.75. The number of carbonyl (C=O) groups excluding carboxylic acids is 1. The Morgan fingerprint density at radius 3 is 2.79 bits per heavy atom. The maximum Gasteiger partial charge on any atom is 0.339 e. The van der Waals surface area contributed by atoms with Gasteiger partial charge in [0.2, 0.25) is 5.91 Å². The van der Waals surface area contributed by atoms with Gasteiger partial charge in [0.05, 0.1) is 5.92 Å². The lowest BCUT2D eigenvalue weighted by molar-refractivity contribution is -0.121. The number of aromatic carboxylic acids is 1. The van der Waals surface area contributed by atoms with Gasteiger partial charge < -0.3 is 15.5 Å². The number of hydrogen-bond donors (Lipinski definition) is 3. The van der Waals surface area contributed by atoms with Crippen molar-refractivity contribution in [2.45, 2.75) is 12.3 Å². The van der Waals surface area contributed by atoms with E-state index in [2.05, 4.69) is 10.4 Å². The molecule has 2 aromatic rings. The average molecular weight is 397 g/mol. The molecule has 0 saturated heterocycles. The second-order valence-electron chi connectivity index (χ2n) is 6.94. The summed E-state index contributed by atoms with van der Waals surface area (Å²) in [6, 6.07) is 6.51. The molecule has 2 unspecified atom stereocenters. The molecular weight excluding hydrogens is 378 g/mol. The first-order valence-corrected chi connectivity index (χ1v) is 9.76. The van der Waals surface area contributed by atoms with E-state index in [-0.39, 0.29) is 35.5 Å². The predicted molar refractivity (Wildman–Crippen MR) is 106 cm³/mol. The van der Waals surface area contributed by atoms with Crippen molar-refractivity contribution in [1.82, 2.24) is 10.3 Å². The van der Waals surface area contributed by atoms with Gasteiger partial charge in [-0.3, -0.25) is 9.80 Å². The van der Waals surface area contributed by atoms with E-state index in [1.165, 1.54) is 12.1 Å². The molecule has 28 heavy (non-hydrogen) atoms. The predicted octanol–water partition coefficient (Wildman–Crippen LogP) is 2.71. The number of nitrogens with one attached hydrogen (secondary N) is 1. The molecule has 0 bridgehead atoms. The summed E-state index contributed by atoms with van der Waals surface area (Å²) in [7, 11) is 1.88. The number of hydrogen-bond acceptors (Lipinski definition) is 6. The second kappa shape index (κ2) is 7.12. The number of allylic oxidation sites excluding steroid dienone is 1. The first-order chi connectivity index (χ1) is 13.4. The van der Waals surface area contributed by atoms with Crippen LogP contribution in [0.3, 0.4) is 0 Å². The summed E-state index contributed by atoms with van der Waals surface area (Å²) in [5.74, 6) is -1.93. The fraction of sp³-hybridized carbons (Fsp3) is 0.250. The minimum Gasteiger partial charge on any atom is -0.507 e. The maximum atomic E-state index is 12.5. The smallest absolute Gasteiger partial charge is 0.339 e. The molecule has 2 aliphatic rings. The number of carbonyl (C=O) groups is 2. The standard InChI is InChI=1S/C20H19N3O4S/c1-23-9-13(8-21-23)19-18(12-4-5-28-10-12)15(7-17(25)22-19)11-2-3-14(20(26)27)16(24)6-11/h2-6,8,10,13,15,24H,7,9H2,1H3,(H,22,25)(H,26,27). The van der Waals surface area contributed by atoms with E-state index in [1.807, 2.05) is 35.1 Å². The fourth-order valence-corrected chi connectivity index (χ4v) is 4.44. The summed E-state index contributed by atoms with van der Waals surface area (Å²) in [6.45, 7) is 0.666. The van der Waals surface area contributed by atoms with Gasteiger partial charge in [0.25, 0.3) is 0 Å². The normalized spacial score (nSPS) is 21.9. The van der Waals surface area contributed by atoms with E-state index in [0.29, 0.717) is 12.1 Å². The van der Waals surface area contributed by atoms with Crippen molar-refractivity contribution in [3.63, 3.8) is 0 Å². The van der Waals surface area contributed by atoms with Gasteiger partial charge >= 0.3 is 5.97 Å². The highest BCUT2D eigenvalue weighted by atomic mass is 32.1. The van der Waals surface area contributed by atoms with Crippen molar-refractivity contribution in [1.29, 1.82) is 0 Å². The monoisotopic (exact) mass is 397 g/mol. The maximum absolute atomic E-state index is 12.5. The lowest BCUT2D eigenvalue weighted by Crippen LogP contribution is -2.36. The van der Waals surface area contributed by atoms with Crippen LogP contribution in [-0.2, 0) is 4.79 Å². The molecule has 1 aromatic heterocycles. The van der Waals surface area contributed by atoms with Gasteiger partial charge in [-0.2, -0.15) is 16.4 Å². The van der Waals surface area contributed by atoms with E-state index in [4.69, 9.17) is 0 Å². The lowest BCUT2D eigenvalue weighted by atomic mass is 9.79. The third-order valence-electron chi connectivity index (χ3n) is 5.06. The SMILES string of the molecule is CN1CC(C2=C(c3ccsc3)C(c3ccc(C(=O)O)c(O)c3)CC(=O)N2)C=N1. The number of amides is 1.